The molecule has 0 aromatic carbocycles. The van der Waals surface area contributed by atoms with Crippen LogP contribution in [0.4, 0.5) is 5.95 Å². The molecular formula is C12H17N3O2. The Labute approximate surface area is 100 Å². The number of carboxylic acid groups (broad SMARTS) is 1. The van der Waals surface area contributed by atoms with E-state index in [1.807, 2.05) is 6.07 Å². The second kappa shape index (κ2) is 5.12. The van der Waals surface area contributed by atoms with Gasteiger partial charge in [-0.15, -0.1) is 0 Å². The highest BCUT2D eigenvalue weighted by Gasteiger charge is 2.19. The van der Waals surface area contributed by atoms with Gasteiger partial charge in [-0.25, -0.2) is 9.97 Å². The number of likely N-dealkylation sites (N-methyl/N-ethyl adjacent to an activating group) is 1. The molecule has 0 saturated heterocycles. The minimum atomic E-state index is -0.873. The SMILES string of the molecule is CN(CC(=O)O)c1nccc(C2CCCC2)n1. The summed E-state index contributed by atoms with van der Waals surface area (Å²) >= 11 is 0. The molecule has 0 bridgehead atoms. The van der Waals surface area contributed by atoms with Crippen molar-refractivity contribution >= 4 is 11.9 Å². The average molecular weight is 235 g/mol. The number of carboxylic acids is 1. The summed E-state index contributed by atoms with van der Waals surface area (Å²) in [7, 11) is 1.70. The standard InChI is InChI=1S/C12H17N3O2/c1-15(8-11(16)17)12-13-7-6-10(14-12)9-4-2-3-5-9/h6-7,9H,2-5,8H2,1H3,(H,16,17). The summed E-state index contributed by atoms with van der Waals surface area (Å²) in [5.74, 6) is 0.147. The van der Waals surface area contributed by atoms with Crippen LogP contribution in [0.3, 0.4) is 0 Å². The fraction of sp³-hybridized carbons (Fsp3) is 0.583. The van der Waals surface area contributed by atoms with Crippen LogP contribution in [0.15, 0.2) is 12.3 Å². The third-order valence-corrected chi connectivity index (χ3v) is 3.15. The van der Waals surface area contributed by atoms with Crippen molar-refractivity contribution in [3.05, 3.63) is 18.0 Å². The summed E-state index contributed by atoms with van der Waals surface area (Å²) in [4.78, 5) is 20.8. The molecule has 0 radical (unpaired) electrons. The van der Waals surface area contributed by atoms with Crippen molar-refractivity contribution in [1.29, 1.82) is 0 Å². The maximum Gasteiger partial charge on any atom is 0.323 e. The van der Waals surface area contributed by atoms with E-state index in [-0.39, 0.29) is 6.54 Å². The van der Waals surface area contributed by atoms with Crippen molar-refractivity contribution in [1.82, 2.24) is 9.97 Å². The number of carbonyl (C=O) groups is 1. The Bertz CT molecular complexity index is 402. The quantitative estimate of drug-likeness (QED) is 0.859. The van der Waals surface area contributed by atoms with E-state index in [1.54, 1.807) is 18.1 Å². The number of hydrogen-bond acceptors (Lipinski definition) is 4. The number of nitrogens with zero attached hydrogens (tertiary/aromatic N) is 3. The zero-order valence-corrected chi connectivity index (χ0v) is 9.96. The zero-order chi connectivity index (χ0) is 12.3. The lowest BCUT2D eigenvalue weighted by atomic mass is 10.0. The summed E-state index contributed by atoms with van der Waals surface area (Å²) in [5.41, 5.74) is 1.05. The molecule has 0 aliphatic heterocycles. The zero-order valence-electron chi connectivity index (χ0n) is 9.96. The molecule has 1 heterocycles. The number of hydrogen-bond donors (Lipinski definition) is 1. The van der Waals surface area contributed by atoms with Crippen molar-refractivity contribution in [2.24, 2.45) is 0 Å². The first kappa shape index (κ1) is 11.8. The Kier molecular flexibility index (Phi) is 3.56. The predicted octanol–water partition coefficient (Wildman–Crippen LogP) is 1.65. The van der Waals surface area contributed by atoms with Crippen LogP contribution in [0.1, 0.15) is 37.3 Å². The molecular weight excluding hydrogens is 218 g/mol. The van der Waals surface area contributed by atoms with Crippen molar-refractivity contribution < 1.29 is 9.90 Å². The lowest BCUT2D eigenvalue weighted by Gasteiger charge is -2.16. The summed E-state index contributed by atoms with van der Waals surface area (Å²) < 4.78 is 0. The van der Waals surface area contributed by atoms with Gasteiger partial charge in [0.1, 0.15) is 6.54 Å². The van der Waals surface area contributed by atoms with Gasteiger partial charge in [0.2, 0.25) is 5.95 Å². The van der Waals surface area contributed by atoms with Crippen LogP contribution in [0.25, 0.3) is 0 Å². The van der Waals surface area contributed by atoms with Gasteiger partial charge >= 0.3 is 5.97 Å². The maximum absolute atomic E-state index is 10.6. The summed E-state index contributed by atoms with van der Waals surface area (Å²) in [5, 5.41) is 8.73. The largest absolute Gasteiger partial charge is 0.480 e. The normalized spacial score (nSPS) is 16.1. The molecule has 1 N–H and O–H groups in total. The topological polar surface area (TPSA) is 66.3 Å². The van der Waals surface area contributed by atoms with Gasteiger partial charge in [0.25, 0.3) is 0 Å². The van der Waals surface area contributed by atoms with Gasteiger partial charge in [-0.3, -0.25) is 4.79 Å². The molecule has 1 aliphatic carbocycles. The Balaban J connectivity index is 2.12. The lowest BCUT2D eigenvalue weighted by Crippen LogP contribution is -2.27. The van der Waals surface area contributed by atoms with Gasteiger partial charge in [-0.2, -0.15) is 0 Å². The Hall–Kier alpha value is -1.65. The van der Waals surface area contributed by atoms with E-state index < -0.39 is 5.97 Å². The Morgan fingerprint density at radius 2 is 2.24 bits per heavy atom. The van der Waals surface area contributed by atoms with Crippen LogP contribution in [0, 0.1) is 0 Å². The Morgan fingerprint density at radius 3 is 2.88 bits per heavy atom. The van der Waals surface area contributed by atoms with Gasteiger partial charge < -0.3 is 10.0 Å². The van der Waals surface area contributed by atoms with E-state index in [1.165, 1.54) is 25.7 Å². The minimum Gasteiger partial charge on any atom is -0.480 e. The highest BCUT2D eigenvalue weighted by atomic mass is 16.4. The molecule has 92 valence electrons. The van der Waals surface area contributed by atoms with Crippen molar-refractivity contribution in [3.63, 3.8) is 0 Å². The van der Waals surface area contributed by atoms with Gasteiger partial charge in [0.05, 0.1) is 0 Å². The summed E-state index contributed by atoms with van der Waals surface area (Å²) in [6.07, 6.45) is 6.59. The van der Waals surface area contributed by atoms with E-state index in [0.29, 0.717) is 11.9 Å². The third-order valence-electron chi connectivity index (χ3n) is 3.15. The van der Waals surface area contributed by atoms with Crippen molar-refractivity contribution in [2.45, 2.75) is 31.6 Å². The molecule has 5 heteroatoms. The third kappa shape index (κ3) is 2.93. The molecule has 2 rings (SSSR count). The molecule has 1 aromatic heterocycles. The van der Waals surface area contributed by atoms with Crippen LogP contribution in [0.2, 0.25) is 0 Å². The highest BCUT2D eigenvalue weighted by molar-refractivity contribution is 5.72. The fourth-order valence-corrected chi connectivity index (χ4v) is 2.27. The van der Waals surface area contributed by atoms with E-state index in [4.69, 9.17) is 5.11 Å². The average Bonchev–Trinajstić information content (AvgIpc) is 2.82. The van der Waals surface area contributed by atoms with Crippen LogP contribution in [0.5, 0.6) is 0 Å². The van der Waals surface area contributed by atoms with E-state index in [2.05, 4.69) is 9.97 Å². The highest BCUT2D eigenvalue weighted by Crippen LogP contribution is 2.33. The summed E-state index contributed by atoms with van der Waals surface area (Å²) in [6, 6.07) is 1.94. The van der Waals surface area contributed by atoms with Crippen LogP contribution < -0.4 is 4.90 Å². The van der Waals surface area contributed by atoms with Crippen LogP contribution in [-0.4, -0.2) is 34.6 Å². The molecule has 1 aromatic rings. The first-order valence-corrected chi connectivity index (χ1v) is 5.92. The fourth-order valence-electron chi connectivity index (χ4n) is 2.27. The second-order valence-electron chi connectivity index (χ2n) is 4.51. The molecule has 0 atom stereocenters. The first-order chi connectivity index (χ1) is 8.16. The van der Waals surface area contributed by atoms with Crippen LogP contribution >= 0.6 is 0 Å². The van der Waals surface area contributed by atoms with Crippen molar-refractivity contribution in [3.8, 4) is 0 Å². The molecule has 17 heavy (non-hydrogen) atoms. The number of rotatable bonds is 4. The maximum atomic E-state index is 10.6. The molecule has 5 nitrogen and oxygen atoms in total. The molecule has 1 saturated carbocycles. The number of aromatic nitrogens is 2. The molecule has 0 unspecified atom stereocenters. The number of anilines is 1. The lowest BCUT2D eigenvalue weighted by molar-refractivity contribution is -0.135. The monoisotopic (exact) mass is 235 g/mol. The van der Waals surface area contributed by atoms with Gasteiger partial charge in [-0.05, 0) is 18.9 Å². The molecule has 0 amide bonds. The Morgan fingerprint density at radius 1 is 1.53 bits per heavy atom. The predicted molar refractivity (Wildman–Crippen MR) is 64.1 cm³/mol. The minimum absolute atomic E-state index is 0.0753. The molecule has 0 spiro atoms. The van der Waals surface area contributed by atoms with Crippen LogP contribution in [-0.2, 0) is 4.79 Å². The van der Waals surface area contributed by atoms with E-state index >= 15 is 0 Å². The molecule has 1 fully saturated rings. The number of aliphatic carboxylic acids is 1. The van der Waals surface area contributed by atoms with Gasteiger partial charge in [0, 0.05) is 24.9 Å². The van der Waals surface area contributed by atoms with Gasteiger partial charge in [-0.1, -0.05) is 12.8 Å². The van der Waals surface area contributed by atoms with Gasteiger partial charge in [0.15, 0.2) is 0 Å². The second-order valence-corrected chi connectivity index (χ2v) is 4.51. The smallest absolute Gasteiger partial charge is 0.323 e. The molecule has 1 aliphatic rings. The first-order valence-electron chi connectivity index (χ1n) is 5.92. The van der Waals surface area contributed by atoms with E-state index in [0.717, 1.165) is 5.69 Å². The van der Waals surface area contributed by atoms with E-state index in [9.17, 15) is 4.79 Å². The van der Waals surface area contributed by atoms with Crippen molar-refractivity contribution in [2.75, 3.05) is 18.5 Å². The summed E-state index contributed by atoms with van der Waals surface area (Å²) in [6.45, 7) is -0.0753.